The third-order valence-corrected chi connectivity index (χ3v) is 17.4. The van der Waals surface area contributed by atoms with E-state index in [1.54, 1.807) is 69.2 Å². The molecule has 0 radical (unpaired) electrons. The van der Waals surface area contributed by atoms with Crippen molar-refractivity contribution < 1.29 is 258 Å². The Kier molecular flexibility index (Phi) is 45.5. The maximum absolute atomic E-state index is 14.3. The molecule has 1 rings (SSSR count). The van der Waals surface area contributed by atoms with Crippen LogP contribution in [-0.2, 0) is 95.3 Å². The van der Waals surface area contributed by atoms with Gasteiger partial charge in [0.25, 0.3) is 11.8 Å². The minimum Gasteiger partial charge on any atom is -0.462 e. The van der Waals surface area contributed by atoms with Crippen molar-refractivity contribution in [2.45, 2.75) is 282 Å². The lowest BCUT2D eigenvalue weighted by molar-refractivity contribution is -0.478. The number of halogens is 37. The second-order valence-corrected chi connectivity index (χ2v) is 30.0. The minimum absolute atomic E-state index is 0.204. The fourth-order valence-corrected chi connectivity index (χ4v) is 7.39. The van der Waals surface area contributed by atoms with Crippen molar-refractivity contribution >= 4 is 59.7 Å². The van der Waals surface area contributed by atoms with Crippen molar-refractivity contribution in [3.8, 4) is 0 Å². The molecule has 0 N–H and O–H groups in total. The van der Waals surface area contributed by atoms with Crippen LogP contribution in [0.2, 0.25) is 0 Å². The molecule has 1 saturated carbocycles. The average Bonchev–Trinajstić information content (AvgIpc) is 0.658. The summed E-state index contributed by atoms with van der Waals surface area (Å²) < 4.78 is 517. The van der Waals surface area contributed by atoms with Gasteiger partial charge in [-0.3, -0.25) is 24.0 Å². The smallest absolute Gasteiger partial charge is 0.453 e. The van der Waals surface area contributed by atoms with Gasteiger partial charge >= 0.3 is 149 Å². The van der Waals surface area contributed by atoms with Gasteiger partial charge in [-0.05, 0) is 101 Å². The van der Waals surface area contributed by atoms with Crippen LogP contribution < -0.4 is 0 Å². The molecule has 0 atom stereocenters. The van der Waals surface area contributed by atoms with Crippen molar-refractivity contribution in [2.75, 3.05) is 66.1 Å². The number of ether oxygens (including phenoxy) is 10. The SMILES string of the molecule is CCC(C)(C)C(=O)OCCOC(=O)C(F)(F)CC(F)(F)C(F)(F)F.CCC(C)(C)C(=O)OCCOC(=O)C(F)(F)CC(F)(F)C(F)F.CCC(C)(C)C(=O)OCCOC(=O)C(F)(F)CC(F)(F)CC(F)(F)F.CCC(C)(C)C(=O)OCCOC(=O)C(F)(F)CC(F)(F)CC(F)F.CCC(C)(C)C(=O)OCCOC(=O)C1(F)C(F)(F)C(F)(F)C(F)(F)C(F)(F)C1(F)F. The lowest BCUT2D eigenvalue weighted by Crippen LogP contribution is -2.85. The van der Waals surface area contributed by atoms with Crippen LogP contribution >= 0.6 is 0 Å². The van der Waals surface area contributed by atoms with E-state index in [1.807, 2.05) is 0 Å². The predicted octanol–water partition coefficient (Wildman–Crippen LogP) is 19.5. The van der Waals surface area contributed by atoms with E-state index >= 15 is 0 Å². The molecule has 20 nitrogen and oxygen atoms in total. The molecule has 0 aromatic rings. The van der Waals surface area contributed by atoms with Gasteiger partial charge in [-0.2, -0.15) is 114 Å². The van der Waals surface area contributed by atoms with E-state index in [0.717, 1.165) is 0 Å². The van der Waals surface area contributed by atoms with E-state index in [1.165, 1.54) is 34.6 Å². The Morgan fingerprint density at radius 2 is 0.460 bits per heavy atom. The highest BCUT2D eigenvalue weighted by atomic mass is 19.4. The largest absolute Gasteiger partial charge is 0.462 e. The third-order valence-electron chi connectivity index (χ3n) is 17.4. The molecule has 0 spiro atoms. The number of hydrogen-bond donors (Lipinski definition) is 0. The van der Waals surface area contributed by atoms with Gasteiger partial charge in [0.2, 0.25) is 6.43 Å². The van der Waals surface area contributed by atoms with Gasteiger partial charge in [-0.1, -0.05) is 34.6 Å². The van der Waals surface area contributed by atoms with E-state index in [-0.39, 0.29) is 6.42 Å². The van der Waals surface area contributed by atoms with Crippen LogP contribution in [-0.4, -0.2) is 234 Å². The van der Waals surface area contributed by atoms with Crippen molar-refractivity contribution in [3.63, 3.8) is 0 Å². The molecule has 126 heavy (non-hydrogen) atoms. The van der Waals surface area contributed by atoms with Crippen LogP contribution in [0.5, 0.6) is 0 Å². The topological polar surface area (TPSA) is 263 Å². The Morgan fingerprint density at radius 3 is 0.667 bits per heavy atom. The summed E-state index contributed by atoms with van der Waals surface area (Å²) in [5, 5.41) is 0. The molecule has 0 saturated heterocycles. The molecule has 0 amide bonds. The summed E-state index contributed by atoms with van der Waals surface area (Å²) in [4.78, 5) is 113. The van der Waals surface area contributed by atoms with Crippen molar-refractivity contribution in [1.82, 2.24) is 0 Å². The van der Waals surface area contributed by atoms with Crippen molar-refractivity contribution in [1.29, 1.82) is 0 Å². The standard InChI is InChI=1S/C15H15F11O4.C14H19F7O4.C14H20F6O4.C13H17F7O4.C13H18F6O4/c1-4-9(2,3)7(27)29-5-6-30-8(28)10(16)11(17,18)13(21,22)15(25,26)14(23,24)12(10,19)20;1-4-11(2,3)9(22)24-5-6-25-10(23)13(17,18)7-12(15,16)8-14(19,20)21;1-4-12(2,3)10(21)23-5-6-24-11(22)14(19,20)8-13(17,18)7-9(15)16;1-4-10(2,3)8(21)23-5-6-24-9(22)11(14,15)7-12(16,17)13(18,19)20;1-4-11(2,3)9(20)22-5-6-23-10(21)13(18,19)7-12(16,17)8(14)15/h4-6H2,1-3H3;4-8H2,1-3H3;9H,4-8H2,1-3H3;4-7H2,1-3H3;8H,4-7H2,1-3H3. The molecule has 1 fully saturated rings. The molecule has 744 valence electrons. The van der Waals surface area contributed by atoms with Gasteiger partial charge in [-0.15, -0.1) is 0 Å². The van der Waals surface area contributed by atoms with Crippen molar-refractivity contribution in [2.24, 2.45) is 27.1 Å². The van der Waals surface area contributed by atoms with Gasteiger partial charge in [0.15, 0.2) is 0 Å². The molecule has 0 unspecified atom stereocenters. The van der Waals surface area contributed by atoms with Crippen LogP contribution in [0.4, 0.5) is 162 Å². The highest BCUT2D eigenvalue weighted by Gasteiger charge is 3.03. The average molecular weight is 1940 g/mol. The summed E-state index contributed by atoms with van der Waals surface area (Å²) in [5.41, 5.74) is -11.4. The van der Waals surface area contributed by atoms with E-state index in [9.17, 15) is 210 Å². The second-order valence-electron chi connectivity index (χ2n) is 30.0. The van der Waals surface area contributed by atoms with Crippen LogP contribution in [0.25, 0.3) is 0 Å². The first kappa shape index (κ1) is 124. The fourth-order valence-electron chi connectivity index (χ4n) is 7.39. The van der Waals surface area contributed by atoms with Gasteiger partial charge in [0.05, 0.1) is 59.2 Å². The number of rotatable bonds is 42. The monoisotopic (exact) mass is 1940 g/mol. The first-order valence-corrected chi connectivity index (χ1v) is 35.7. The number of carbonyl (C=O) groups is 10. The summed E-state index contributed by atoms with van der Waals surface area (Å²) in [7, 11) is 0. The molecule has 57 heteroatoms. The predicted molar refractivity (Wildman–Crippen MR) is 350 cm³/mol. The van der Waals surface area contributed by atoms with E-state index in [2.05, 4.69) is 42.6 Å². The number of hydrogen-bond acceptors (Lipinski definition) is 20. The van der Waals surface area contributed by atoms with Gasteiger partial charge < -0.3 is 47.4 Å². The number of alkyl halides is 37. The van der Waals surface area contributed by atoms with E-state index in [0.29, 0.717) is 25.7 Å². The molecular formula is C69H89F37O20. The van der Waals surface area contributed by atoms with E-state index < -0.39 is 299 Å². The zero-order valence-corrected chi connectivity index (χ0v) is 68.7. The molecule has 0 bridgehead atoms. The Hall–Kier alpha value is -7.89. The normalized spacial score (nSPS) is 16.2. The Labute approximate surface area is 691 Å². The lowest BCUT2D eigenvalue weighted by Gasteiger charge is -2.50. The van der Waals surface area contributed by atoms with Crippen LogP contribution in [0.3, 0.4) is 0 Å². The lowest BCUT2D eigenvalue weighted by atomic mass is 9.72. The summed E-state index contributed by atoms with van der Waals surface area (Å²) >= 11 is 0. The molecule has 0 aromatic carbocycles. The van der Waals surface area contributed by atoms with Gasteiger partial charge in [-0.25, -0.2) is 72.3 Å². The second kappa shape index (κ2) is 46.1. The zero-order chi connectivity index (χ0) is 101. The molecule has 0 aromatic heterocycles. The highest BCUT2D eigenvalue weighted by molar-refractivity contribution is 5.84. The van der Waals surface area contributed by atoms with E-state index in [4.69, 9.17) is 4.74 Å². The Bertz CT molecular complexity index is 3490. The van der Waals surface area contributed by atoms with Gasteiger partial charge in [0.1, 0.15) is 72.5 Å². The molecule has 0 aliphatic heterocycles. The van der Waals surface area contributed by atoms with Gasteiger partial charge in [0, 0.05) is 0 Å². The maximum Gasteiger partial charge on any atom is 0.453 e. The highest BCUT2D eigenvalue weighted by Crippen LogP contribution is 2.70. The first-order valence-electron chi connectivity index (χ1n) is 35.7. The molecule has 1 aliphatic carbocycles. The molecular weight excluding hydrogens is 1850 g/mol. The van der Waals surface area contributed by atoms with Crippen LogP contribution in [0, 0.1) is 27.1 Å². The quantitative estimate of drug-likeness (QED) is 0.0238. The number of esters is 10. The van der Waals surface area contributed by atoms with Crippen LogP contribution in [0.1, 0.15) is 174 Å². The minimum atomic E-state index is -7.43. The van der Waals surface area contributed by atoms with Crippen LogP contribution in [0.15, 0.2) is 0 Å². The number of carbonyl (C=O) groups excluding carboxylic acids is 10. The molecule has 1 aliphatic rings. The maximum atomic E-state index is 14.3. The summed E-state index contributed by atoms with van der Waals surface area (Å²) in [5.74, 6) is -93.2. The summed E-state index contributed by atoms with van der Waals surface area (Å²) in [6.07, 6.45) is -33.1. The Balaban J connectivity index is -0.000000741. The molecule has 0 heterocycles. The fraction of sp³-hybridized carbons (Fsp3) is 0.855. The summed E-state index contributed by atoms with van der Waals surface area (Å²) in [6.45, 7) is 15.3. The third kappa shape index (κ3) is 36.2. The summed E-state index contributed by atoms with van der Waals surface area (Å²) in [6, 6.07) is 0. The first-order chi connectivity index (χ1) is 55.7. The zero-order valence-electron chi connectivity index (χ0n) is 68.7. The van der Waals surface area contributed by atoms with Crippen molar-refractivity contribution in [3.05, 3.63) is 0 Å². The Morgan fingerprint density at radius 1 is 0.262 bits per heavy atom.